The zero-order valence-electron chi connectivity index (χ0n) is 12.9. The van der Waals surface area contributed by atoms with Gasteiger partial charge >= 0.3 is 5.97 Å². The van der Waals surface area contributed by atoms with Crippen LogP contribution in [0.3, 0.4) is 0 Å². The number of hydrogen-bond acceptors (Lipinski definition) is 5. The van der Waals surface area contributed by atoms with Gasteiger partial charge in [-0.3, -0.25) is 4.31 Å². The van der Waals surface area contributed by atoms with E-state index in [1.54, 1.807) is 31.2 Å². The lowest BCUT2D eigenvalue weighted by Crippen LogP contribution is -2.42. The van der Waals surface area contributed by atoms with Gasteiger partial charge in [-0.15, -0.1) is 0 Å². The van der Waals surface area contributed by atoms with Crippen LogP contribution in [0.1, 0.15) is 12.5 Å². The third kappa shape index (κ3) is 2.69. The average Bonchev–Trinajstić information content (AvgIpc) is 2.96. The molecule has 0 radical (unpaired) electrons. The third-order valence-corrected chi connectivity index (χ3v) is 5.57. The van der Waals surface area contributed by atoms with Gasteiger partial charge in [0.1, 0.15) is 10.9 Å². The number of anilines is 1. The van der Waals surface area contributed by atoms with E-state index in [1.807, 2.05) is 0 Å². The molecule has 1 aromatic heterocycles. The Kier molecular flexibility index (Phi) is 4.15. The number of benzene rings is 1. The number of hydrogen-bond donors (Lipinski definition) is 1. The van der Waals surface area contributed by atoms with Crippen molar-refractivity contribution in [3.8, 4) is 5.88 Å². The van der Waals surface area contributed by atoms with Crippen LogP contribution in [0.4, 0.5) is 5.69 Å². The molecule has 1 aromatic carbocycles. The molecule has 126 valence electrons. The van der Waals surface area contributed by atoms with Gasteiger partial charge in [-0.2, -0.15) is 0 Å². The molecule has 0 aliphatic carbocycles. The van der Waals surface area contributed by atoms with E-state index in [-0.39, 0.29) is 11.3 Å². The van der Waals surface area contributed by atoms with Gasteiger partial charge in [0.15, 0.2) is 0 Å². The Bertz CT molecular complexity index is 864. The SMILES string of the molecule is CCOc1ccc(S(=O)(=O)N2c3ccccc3CC2C(=O)O)cn1. The summed E-state index contributed by atoms with van der Waals surface area (Å²) in [4.78, 5) is 15.4. The van der Waals surface area contributed by atoms with E-state index < -0.39 is 22.0 Å². The molecule has 2 aromatic rings. The summed E-state index contributed by atoms with van der Waals surface area (Å²) in [6, 6.07) is 8.43. The van der Waals surface area contributed by atoms with Gasteiger partial charge in [0.2, 0.25) is 5.88 Å². The number of aromatic nitrogens is 1. The van der Waals surface area contributed by atoms with Crippen LogP contribution in [0.25, 0.3) is 0 Å². The topological polar surface area (TPSA) is 96.8 Å². The summed E-state index contributed by atoms with van der Waals surface area (Å²) in [6.07, 6.45) is 1.31. The van der Waals surface area contributed by atoms with Crippen LogP contribution in [-0.2, 0) is 21.2 Å². The second-order valence-corrected chi connectivity index (χ2v) is 7.07. The Hall–Kier alpha value is -2.61. The maximum atomic E-state index is 13.0. The van der Waals surface area contributed by atoms with Crippen molar-refractivity contribution in [2.45, 2.75) is 24.3 Å². The minimum Gasteiger partial charge on any atom is -0.480 e. The number of ether oxygens (including phenoxy) is 1. The zero-order valence-corrected chi connectivity index (χ0v) is 13.7. The van der Waals surface area contributed by atoms with Crippen molar-refractivity contribution in [1.29, 1.82) is 0 Å². The van der Waals surface area contributed by atoms with E-state index >= 15 is 0 Å². The van der Waals surface area contributed by atoms with E-state index in [0.29, 0.717) is 23.7 Å². The van der Waals surface area contributed by atoms with Crippen molar-refractivity contribution in [1.82, 2.24) is 4.98 Å². The lowest BCUT2D eigenvalue weighted by atomic mass is 10.1. The fourth-order valence-electron chi connectivity index (χ4n) is 2.71. The number of rotatable bonds is 5. The van der Waals surface area contributed by atoms with Crippen LogP contribution in [-0.4, -0.2) is 37.1 Å². The molecule has 3 rings (SSSR count). The van der Waals surface area contributed by atoms with Crippen LogP contribution >= 0.6 is 0 Å². The normalized spacial score (nSPS) is 16.7. The first kappa shape index (κ1) is 16.3. The molecular weight excluding hydrogens is 332 g/mol. The molecule has 0 spiro atoms. The van der Waals surface area contributed by atoms with E-state index in [4.69, 9.17) is 4.74 Å². The van der Waals surface area contributed by atoms with Gasteiger partial charge < -0.3 is 9.84 Å². The first-order valence-corrected chi connectivity index (χ1v) is 8.83. The number of aliphatic carboxylic acids is 1. The molecule has 0 bridgehead atoms. The molecule has 1 aliphatic heterocycles. The Labute approximate surface area is 139 Å². The zero-order chi connectivity index (χ0) is 17.3. The molecule has 7 nitrogen and oxygen atoms in total. The molecule has 1 N–H and O–H groups in total. The summed E-state index contributed by atoms with van der Waals surface area (Å²) in [6.45, 7) is 2.21. The predicted octanol–water partition coefficient (Wildman–Crippen LogP) is 1.68. The van der Waals surface area contributed by atoms with Crippen LogP contribution in [0, 0.1) is 0 Å². The molecule has 0 amide bonds. The van der Waals surface area contributed by atoms with Crippen molar-refractivity contribution in [3.63, 3.8) is 0 Å². The van der Waals surface area contributed by atoms with Crippen molar-refractivity contribution in [2.24, 2.45) is 0 Å². The maximum Gasteiger partial charge on any atom is 0.327 e. The number of para-hydroxylation sites is 1. The molecule has 2 heterocycles. The van der Waals surface area contributed by atoms with Gasteiger partial charge in [-0.25, -0.2) is 18.2 Å². The summed E-state index contributed by atoms with van der Waals surface area (Å²) in [5.74, 6) is -0.873. The number of pyridine rings is 1. The minimum absolute atomic E-state index is 0.0751. The lowest BCUT2D eigenvalue weighted by Gasteiger charge is -2.24. The Morgan fingerprint density at radius 1 is 1.33 bits per heavy atom. The quantitative estimate of drug-likeness (QED) is 0.883. The number of carboxylic acid groups (broad SMARTS) is 1. The standard InChI is InChI=1S/C16H16N2O5S/c1-2-23-15-8-7-12(10-17-15)24(21,22)18-13-6-4-3-5-11(13)9-14(18)16(19)20/h3-8,10,14H,2,9H2,1H3,(H,19,20). The van der Waals surface area contributed by atoms with E-state index in [1.165, 1.54) is 18.3 Å². The van der Waals surface area contributed by atoms with Crippen molar-refractivity contribution < 1.29 is 23.1 Å². The fourth-order valence-corrected chi connectivity index (χ4v) is 4.30. The highest BCUT2D eigenvalue weighted by atomic mass is 32.2. The van der Waals surface area contributed by atoms with Crippen molar-refractivity contribution in [3.05, 3.63) is 48.2 Å². The number of nitrogens with zero attached hydrogens (tertiary/aromatic N) is 2. The first-order valence-electron chi connectivity index (χ1n) is 7.39. The molecule has 8 heteroatoms. The molecular formula is C16H16N2O5S. The van der Waals surface area contributed by atoms with Gasteiger partial charge in [-0.1, -0.05) is 18.2 Å². The number of sulfonamides is 1. The highest BCUT2D eigenvalue weighted by molar-refractivity contribution is 7.93. The fraction of sp³-hybridized carbons (Fsp3) is 0.250. The summed E-state index contributed by atoms with van der Waals surface area (Å²) < 4.78 is 32.1. The van der Waals surface area contributed by atoms with Gasteiger partial charge in [0.05, 0.1) is 18.5 Å². The Balaban J connectivity index is 2.05. The second-order valence-electron chi connectivity index (χ2n) is 5.25. The molecule has 24 heavy (non-hydrogen) atoms. The van der Waals surface area contributed by atoms with E-state index in [0.717, 1.165) is 4.31 Å². The predicted molar refractivity (Wildman–Crippen MR) is 86.6 cm³/mol. The average molecular weight is 348 g/mol. The van der Waals surface area contributed by atoms with E-state index in [9.17, 15) is 18.3 Å². The maximum absolute atomic E-state index is 13.0. The van der Waals surface area contributed by atoms with E-state index in [2.05, 4.69) is 4.98 Å². The lowest BCUT2D eigenvalue weighted by molar-refractivity contribution is -0.138. The molecule has 0 fully saturated rings. The minimum atomic E-state index is -4.04. The molecule has 0 saturated carbocycles. The monoisotopic (exact) mass is 348 g/mol. The summed E-state index contributed by atoms with van der Waals surface area (Å²) >= 11 is 0. The largest absolute Gasteiger partial charge is 0.480 e. The molecule has 1 atom stereocenters. The van der Waals surface area contributed by atoms with Crippen LogP contribution < -0.4 is 9.04 Å². The third-order valence-electron chi connectivity index (χ3n) is 3.77. The number of carbonyl (C=O) groups is 1. The number of fused-ring (bicyclic) bond motifs is 1. The summed E-state index contributed by atoms with van der Waals surface area (Å²) in [5, 5.41) is 9.44. The molecule has 1 unspecified atom stereocenters. The Morgan fingerprint density at radius 2 is 2.08 bits per heavy atom. The van der Waals surface area contributed by atoms with Crippen LogP contribution in [0.2, 0.25) is 0 Å². The summed E-state index contributed by atoms with van der Waals surface area (Å²) in [7, 11) is -4.04. The highest BCUT2D eigenvalue weighted by Gasteiger charge is 2.42. The summed E-state index contributed by atoms with van der Waals surface area (Å²) in [5.41, 5.74) is 1.08. The Morgan fingerprint density at radius 3 is 2.71 bits per heavy atom. The molecule has 1 aliphatic rings. The first-order chi connectivity index (χ1) is 11.4. The smallest absolute Gasteiger partial charge is 0.327 e. The second kappa shape index (κ2) is 6.12. The highest BCUT2D eigenvalue weighted by Crippen LogP contribution is 2.36. The van der Waals surface area contributed by atoms with Crippen LogP contribution in [0.15, 0.2) is 47.5 Å². The number of carboxylic acids is 1. The van der Waals surface area contributed by atoms with Gasteiger partial charge in [0.25, 0.3) is 10.0 Å². The van der Waals surface area contributed by atoms with Gasteiger partial charge in [0, 0.05) is 12.5 Å². The van der Waals surface area contributed by atoms with Crippen molar-refractivity contribution >= 4 is 21.7 Å². The molecule has 0 saturated heterocycles. The van der Waals surface area contributed by atoms with Crippen molar-refractivity contribution in [2.75, 3.05) is 10.9 Å². The van der Waals surface area contributed by atoms with Crippen LogP contribution in [0.5, 0.6) is 5.88 Å². The van der Waals surface area contributed by atoms with Gasteiger partial charge in [-0.05, 0) is 24.6 Å².